The van der Waals surface area contributed by atoms with Crippen molar-refractivity contribution in [2.24, 2.45) is 17.8 Å². The SMILES string of the molecule is CC(C)C[C@@H](C(=O)O)[C@@H](C)CC(=O)NNC(=O)c1ccco1. The fourth-order valence-electron chi connectivity index (χ4n) is 2.17. The lowest BCUT2D eigenvalue weighted by atomic mass is 9.84. The summed E-state index contributed by atoms with van der Waals surface area (Å²) in [4.78, 5) is 34.6. The fraction of sp³-hybridized carbons (Fsp3) is 0.533. The first kappa shape index (κ1) is 17.7. The van der Waals surface area contributed by atoms with E-state index < -0.39 is 23.7 Å². The average molecular weight is 310 g/mol. The highest BCUT2D eigenvalue weighted by atomic mass is 16.4. The summed E-state index contributed by atoms with van der Waals surface area (Å²) in [5.74, 6) is -2.53. The van der Waals surface area contributed by atoms with Crippen molar-refractivity contribution in [3.05, 3.63) is 24.2 Å². The zero-order valence-electron chi connectivity index (χ0n) is 13.0. The second-order valence-electron chi connectivity index (χ2n) is 5.74. The van der Waals surface area contributed by atoms with Gasteiger partial charge in [-0.15, -0.1) is 0 Å². The smallest absolute Gasteiger partial charge is 0.306 e. The van der Waals surface area contributed by atoms with Gasteiger partial charge in [0.05, 0.1) is 12.2 Å². The summed E-state index contributed by atoms with van der Waals surface area (Å²) in [7, 11) is 0. The van der Waals surface area contributed by atoms with E-state index in [0.29, 0.717) is 6.42 Å². The van der Waals surface area contributed by atoms with Crippen LogP contribution in [0.15, 0.2) is 22.8 Å². The number of aliphatic carboxylic acids is 1. The van der Waals surface area contributed by atoms with Gasteiger partial charge in [0.1, 0.15) is 0 Å². The van der Waals surface area contributed by atoms with E-state index >= 15 is 0 Å². The molecule has 2 atom stereocenters. The van der Waals surface area contributed by atoms with Crippen LogP contribution >= 0.6 is 0 Å². The molecule has 0 unspecified atom stereocenters. The number of furan rings is 1. The largest absolute Gasteiger partial charge is 0.481 e. The van der Waals surface area contributed by atoms with Crippen molar-refractivity contribution in [2.45, 2.75) is 33.6 Å². The molecule has 0 aliphatic heterocycles. The van der Waals surface area contributed by atoms with Crippen LogP contribution in [0.4, 0.5) is 0 Å². The van der Waals surface area contributed by atoms with Crippen LogP contribution in [0.5, 0.6) is 0 Å². The molecule has 22 heavy (non-hydrogen) atoms. The van der Waals surface area contributed by atoms with Crippen LogP contribution in [-0.4, -0.2) is 22.9 Å². The maximum atomic E-state index is 11.8. The Labute approximate surface area is 129 Å². The Balaban J connectivity index is 2.45. The van der Waals surface area contributed by atoms with Crippen LogP contribution in [0, 0.1) is 17.8 Å². The first-order valence-electron chi connectivity index (χ1n) is 7.16. The van der Waals surface area contributed by atoms with Crippen LogP contribution in [0.1, 0.15) is 44.2 Å². The molecular weight excluding hydrogens is 288 g/mol. The number of nitrogens with one attached hydrogen (secondary N) is 2. The summed E-state index contributed by atoms with van der Waals surface area (Å²) in [6, 6.07) is 3.02. The van der Waals surface area contributed by atoms with Gasteiger partial charge < -0.3 is 9.52 Å². The summed E-state index contributed by atoms with van der Waals surface area (Å²) in [6.45, 7) is 5.59. The minimum atomic E-state index is -0.909. The monoisotopic (exact) mass is 310 g/mol. The lowest BCUT2D eigenvalue weighted by molar-refractivity contribution is -0.144. The van der Waals surface area contributed by atoms with E-state index in [4.69, 9.17) is 4.42 Å². The Hall–Kier alpha value is -2.31. The molecular formula is C15H22N2O5. The van der Waals surface area contributed by atoms with Crippen molar-refractivity contribution in [3.8, 4) is 0 Å². The van der Waals surface area contributed by atoms with Crippen LogP contribution < -0.4 is 10.9 Å². The van der Waals surface area contributed by atoms with Crippen molar-refractivity contribution in [1.82, 2.24) is 10.9 Å². The van der Waals surface area contributed by atoms with E-state index in [2.05, 4.69) is 10.9 Å². The number of hydrogen-bond donors (Lipinski definition) is 3. The van der Waals surface area contributed by atoms with E-state index in [9.17, 15) is 19.5 Å². The van der Waals surface area contributed by atoms with Crippen molar-refractivity contribution in [1.29, 1.82) is 0 Å². The van der Waals surface area contributed by atoms with Crippen molar-refractivity contribution >= 4 is 17.8 Å². The van der Waals surface area contributed by atoms with Crippen molar-refractivity contribution in [2.75, 3.05) is 0 Å². The van der Waals surface area contributed by atoms with Gasteiger partial charge in [-0.3, -0.25) is 25.2 Å². The predicted octanol–water partition coefficient (Wildman–Crippen LogP) is 1.81. The van der Waals surface area contributed by atoms with Gasteiger partial charge in [0.25, 0.3) is 0 Å². The summed E-state index contributed by atoms with van der Waals surface area (Å²) in [5.41, 5.74) is 4.48. The highest BCUT2D eigenvalue weighted by Gasteiger charge is 2.27. The molecule has 1 aromatic heterocycles. The highest BCUT2D eigenvalue weighted by Crippen LogP contribution is 2.23. The maximum Gasteiger partial charge on any atom is 0.306 e. The van der Waals surface area contributed by atoms with Gasteiger partial charge in [-0.25, -0.2) is 0 Å². The Morgan fingerprint density at radius 1 is 1.23 bits per heavy atom. The lowest BCUT2D eigenvalue weighted by Gasteiger charge is -2.21. The molecule has 0 bridgehead atoms. The Morgan fingerprint density at radius 3 is 2.41 bits per heavy atom. The third-order valence-electron chi connectivity index (χ3n) is 3.30. The lowest BCUT2D eigenvalue weighted by Crippen LogP contribution is -2.42. The molecule has 1 aromatic rings. The average Bonchev–Trinajstić information content (AvgIpc) is 2.95. The van der Waals surface area contributed by atoms with E-state index in [1.54, 1.807) is 13.0 Å². The fourth-order valence-corrected chi connectivity index (χ4v) is 2.17. The molecule has 0 radical (unpaired) electrons. The third-order valence-corrected chi connectivity index (χ3v) is 3.30. The maximum absolute atomic E-state index is 11.8. The van der Waals surface area contributed by atoms with Crippen molar-refractivity contribution < 1.29 is 23.9 Å². The molecule has 0 saturated carbocycles. The van der Waals surface area contributed by atoms with Gasteiger partial charge in [-0.1, -0.05) is 20.8 Å². The van der Waals surface area contributed by atoms with Crippen LogP contribution in [0.3, 0.4) is 0 Å². The number of carbonyl (C=O) groups excluding carboxylic acids is 2. The first-order chi connectivity index (χ1) is 10.3. The topological polar surface area (TPSA) is 109 Å². The number of rotatable bonds is 7. The zero-order chi connectivity index (χ0) is 16.7. The Morgan fingerprint density at radius 2 is 1.91 bits per heavy atom. The summed E-state index contributed by atoms with van der Waals surface area (Å²) in [5, 5.41) is 9.23. The normalized spacial score (nSPS) is 13.5. The van der Waals surface area contributed by atoms with E-state index in [1.807, 2.05) is 13.8 Å². The van der Waals surface area contributed by atoms with Crippen LogP contribution in [0.2, 0.25) is 0 Å². The molecule has 0 aliphatic carbocycles. The molecule has 0 aromatic carbocycles. The molecule has 0 aliphatic rings. The summed E-state index contributed by atoms with van der Waals surface area (Å²) in [6.07, 6.45) is 1.87. The second kappa shape index (κ2) is 8.21. The Kier molecular flexibility index (Phi) is 6.62. The van der Waals surface area contributed by atoms with Gasteiger partial charge in [0.15, 0.2) is 5.76 Å². The Bertz CT molecular complexity index is 510. The van der Waals surface area contributed by atoms with Gasteiger partial charge in [0, 0.05) is 6.42 Å². The zero-order valence-corrected chi connectivity index (χ0v) is 13.0. The minimum Gasteiger partial charge on any atom is -0.481 e. The molecule has 1 rings (SSSR count). The number of amides is 2. The number of carboxylic acids is 1. The molecule has 1 heterocycles. The number of hydrogen-bond acceptors (Lipinski definition) is 4. The molecule has 0 saturated heterocycles. The number of carbonyl (C=O) groups is 3. The third kappa shape index (κ3) is 5.59. The standard InChI is InChI=1S/C15H22N2O5/c1-9(2)7-11(15(20)21)10(3)8-13(18)16-17-14(19)12-5-4-6-22-12/h4-6,9-11H,7-8H2,1-3H3,(H,16,18)(H,17,19)(H,20,21)/t10-,11+/m0/s1. The first-order valence-corrected chi connectivity index (χ1v) is 7.16. The summed E-state index contributed by atoms with van der Waals surface area (Å²) < 4.78 is 4.88. The quantitative estimate of drug-likeness (QED) is 0.666. The van der Waals surface area contributed by atoms with E-state index in [0.717, 1.165) is 0 Å². The van der Waals surface area contributed by atoms with Gasteiger partial charge in [-0.2, -0.15) is 0 Å². The molecule has 0 spiro atoms. The minimum absolute atomic E-state index is 0.0160. The van der Waals surface area contributed by atoms with Crippen LogP contribution in [-0.2, 0) is 9.59 Å². The molecule has 0 fully saturated rings. The summed E-state index contributed by atoms with van der Waals surface area (Å²) >= 11 is 0. The molecule has 7 nitrogen and oxygen atoms in total. The highest BCUT2D eigenvalue weighted by molar-refractivity contribution is 5.92. The molecule has 3 N–H and O–H groups in total. The van der Waals surface area contributed by atoms with Gasteiger partial charge >= 0.3 is 11.9 Å². The number of carboxylic acid groups (broad SMARTS) is 1. The van der Waals surface area contributed by atoms with E-state index in [-0.39, 0.29) is 24.0 Å². The molecule has 2 amide bonds. The molecule has 122 valence electrons. The second-order valence-corrected chi connectivity index (χ2v) is 5.74. The van der Waals surface area contributed by atoms with Crippen LogP contribution in [0.25, 0.3) is 0 Å². The number of hydrazine groups is 1. The van der Waals surface area contributed by atoms with E-state index in [1.165, 1.54) is 12.3 Å². The van der Waals surface area contributed by atoms with Gasteiger partial charge in [-0.05, 0) is 30.4 Å². The molecule has 7 heteroatoms. The van der Waals surface area contributed by atoms with Gasteiger partial charge in [0.2, 0.25) is 5.91 Å². The van der Waals surface area contributed by atoms with Crippen molar-refractivity contribution in [3.63, 3.8) is 0 Å². The predicted molar refractivity (Wildman–Crippen MR) is 78.7 cm³/mol.